The lowest BCUT2D eigenvalue weighted by atomic mass is 10.2. The number of hydrogen-bond acceptors (Lipinski definition) is 4. The van der Waals surface area contributed by atoms with E-state index >= 15 is 0 Å². The molecule has 0 saturated carbocycles. The lowest BCUT2D eigenvalue weighted by molar-refractivity contribution is -0.137. The maximum atomic E-state index is 12.6. The molecule has 9 heteroatoms. The zero-order valence-electron chi connectivity index (χ0n) is 12.8. The van der Waals surface area contributed by atoms with Crippen molar-refractivity contribution in [3.8, 4) is 6.07 Å². The van der Waals surface area contributed by atoms with Gasteiger partial charge in [0.05, 0.1) is 27.1 Å². The van der Waals surface area contributed by atoms with Crippen LogP contribution in [0.1, 0.15) is 18.1 Å². The number of benzene rings is 1. The minimum Gasteiger partial charge on any atom is -0.324 e. The van der Waals surface area contributed by atoms with Crippen molar-refractivity contribution in [2.45, 2.75) is 23.4 Å². The molecule has 4 nitrogen and oxygen atoms in total. The number of carbonyl (C=O) groups is 1. The lowest BCUT2D eigenvalue weighted by Crippen LogP contribution is -2.23. The van der Waals surface area contributed by atoms with Gasteiger partial charge in [-0.1, -0.05) is 35.5 Å². The highest BCUT2D eigenvalue weighted by molar-refractivity contribution is 8.00. The number of nitrogens with zero attached hydrogens (tertiary/aromatic N) is 2. The fraction of sp³-hybridized carbons (Fsp3) is 0.188. The fourth-order valence-electron chi connectivity index (χ4n) is 1.81. The molecule has 0 saturated heterocycles. The van der Waals surface area contributed by atoms with Gasteiger partial charge >= 0.3 is 6.18 Å². The van der Waals surface area contributed by atoms with Crippen molar-refractivity contribution in [3.63, 3.8) is 0 Å². The number of carbonyl (C=O) groups excluding carboxylic acids is 1. The van der Waals surface area contributed by atoms with Gasteiger partial charge < -0.3 is 5.32 Å². The maximum Gasteiger partial charge on any atom is 0.417 e. The number of amides is 1. The molecule has 0 bridgehead atoms. The van der Waals surface area contributed by atoms with Crippen LogP contribution in [0.4, 0.5) is 18.9 Å². The summed E-state index contributed by atoms with van der Waals surface area (Å²) in [5.41, 5.74) is -0.297. The monoisotopic (exact) mass is 385 g/mol. The second-order valence-corrected chi connectivity index (χ2v) is 6.65. The maximum absolute atomic E-state index is 12.6. The molecular formula is C16H11ClF3N3OS. The van der Waals surface area contributed by atoms with E-state index in [4.69, 9.17) is 16.9 Å². The summed E-state index contributed by atoms with van der Waals surface area (Å²) < 4.78 is 37.8. The van der Waals surface area contributed by atoms with E-state index in [0.717, 1.165) is 17.8 Å². The summed E-state index contributed by atoms with van der Waals surface area (Å²) in [6, 6.07) is 9.20. The summed E-state index contributed by atoms with van der Waals surface area (Å²) in [7, 11) is 0. The van der Waals surface area contributed by atoms with Crippen molar-refractivity contribution < 1.29 is 18.0 Å². The zero-order valence-corrected chi connectivity index (χ0v) is 14.3. The first-order chi connectivity index (χ1) is 11.7. The first kappa shape index (κ1) is 19.1. The molecule has 2 aromatic rings. The number of thioether (sulfide) groups is 1. The summed E-state index contributed by atoms with van der Waals surface area (Å²) in [4.78, 5) is 15.9. The van der Waals surface area contributed by atoms with Gasteiger partial charge in [-0.15, -0.1) is 0 Å². The normalized spacial score (nSPS) is 12.3. The average Bonchev–Trinajstić information content (AvgIpc) is 2.56. The largest absolute Gasteiger partial charge is 0.417 e. The molecule has 1 amide bonds. The van der Waals surface area contributed by atoms with Crippen molar-refractivity contribution in [1.29, 1.82) is 5.26 Å². The van der Waals surface area contributed by atoms with E-state index in [1.165, 1.54) is 0 Å². The number of pyridine rings is 1. The van der Waals surface area contributed by atoms with Gasteiger partial charge in [0, 0.05) is 6.20 Å². The molecule has 1 aromatic heterocycles. The fourth-order valence-corrected chi connectivity index (χ4v) is 2.90. The summed E-state index contributed by atoms with van der Waals surface area (Å²) in [6.07, 6.45) is -3.87. The van der Waals surface area contributed by atoms with Gasteiger partial charge in [0.15, 0.2) is 0 Å². The Balaban J connectivity index is 2.10. The minimum atomic E-state index is -4.54. The highest BCUT2D eigenvalue weighted by atomic mass is 35.5. The van der Waals surface area contributed by atoms with E-state index in [-0.39, 0.29) is 10.0 Å². The van der Waals surface area contributed by atoms with Gasteiger partial charge in [-0.25, -0.2) is 4.98 Å². The number of nitriles is 1. The predicted octanol–water partition coefficient (Wildman–Crippen LogP) is 4.74. The Labute approximate surface area is 151 Å². The molecular weight excluding hydrogens is 375 g/mol. The molecule has 1 heterocycles. The summed E-state index contributed by atoms with van der Waals surface area (Å²) >= 11 is 6.76. The van der Waals surface area contributed by atoms with E-state index in [0.29, 0.717) is 17.4 Å². The number of halogens is 4. The van der Waals surface area contributed by atoms with Crippen molar-refractivity contribution in [1.82, 2.24) is 4.98 Å². The van der Waals surface area contributed by atoms with Crippen molar-refractivity contribution in [2.75, 3.05) is 5.32 Å². The molecule has 1 N–H and O–H groups in total. The van der Waals surface area contributed by atoms with Crippen LogP contribution in [0.2, 0.25) is 5.02 Å². The molecule has 0 aliphatic rings. The second-order valence-electron chi connectivity index (χ2n) is 4.92. The van der Waals surface area contributed by atoms with E-state index < -0.39 is 22.9 Å². The highest BCUT2D eigenvalue weighted by Crippen LogP contribution is 2.35. The third kappa shape index (κ3) is 4.87. The SMILES string of the molecule is C[C@H](Sc1ncc(C(F)(F)F)cc1Cl)C(=O)Nc1ccccc1C#N. The third-order valence-electron chi connectivity index (χ3n) is 3.10. The first-order valence-corrected chi connectivity index (χ1v) is 8.17. The Bertz CT molecular complexity index is 836. The molecule has 0 radical (unpaired) electrons. The Kier molecular flexibility index (Phi) is 5.93. The molecule has 1 atom stereocenters. The molecule has 25 heavy (non-hydrogen) atoms. The summed E-state index contributed by atoms with van der Waals surface area (Å²) in [6.45, 7) is 1.56. The van der Waals surface area contributed by atoms with Crippen LogP contribution < -0.4 is 5.32 Å². The molecule has 0 unspecified atom stereocenters. The Hall–Kier alpha value is -2.24. The van der Waals surface area contributed by atoms with Gasteiger partial charge in [0.1, 0.15) is 11.1 Å². The van der Waals surface area contributed by atoms with Gasteiger partial charge in [-0.2, -0.15) is 18.4 Å². The molecule has 0 spiro atoms. The lowest BCUT2D eigenvalue weighted by Gasteiger charge is -2.14. The van der Waals surface area contributed by atoms with Crippen LogP contribution in [0.25, 0.3) is 0 Å². The van der Waals surface area contributed by atoms with Crippen LogP contribution in [0.15, 0.2) is 41.6 Å². The molecule has 130 valence electrons. The van der Waals surface area contributed by atoms with Crippen LogP contribution in [-0.2, 0) is 11.0 Å². The van der Waals surface area contributed by atoms with E-state index in [9.17, 15) is 18.0 Å². The minimum absolute atomic E-state index is 0.117. The topological polar surface area (TPSA) is 65.8 Å². The van der Waals surface area contributed by atoms with Crippen LogP contribution >= 0.6 is 23.4 Å². The number of nitrogens with one attached hydrogen (secondary N) is 1. The van der Waals surface area contributed by atoms with Crippen molar-refractivity contribution >= 4 is 35.0 Å². The summed E-state index contributed by atoms with van der Waals surface area (Å²) in [5.74, 6) is -0.425. The molecule has 0 aliphatic heterocycles. The molecule has 1 aromatic carbocycles. The number of rotatable bonds is 4. The van der Waals surface area contributed by atoms with Gasteiger partial charge in [0.25, 0.3) is 0 Å². The Morgan fingerprint density at radius 2 is 2.08 bits per heavy atom. The number of hydrogen-bond donors (Lipinski definition) is 1. The molecule has 0 fully saturated rings. The number of alkyl halides is 3. The average molecular weight is 386 g/mol. The Morgan fingerprint density at radius 3 is 2.68 bits per heavy atom. The first-order valence-electron chi connectivity index (χ1n) is 6.91. The Morgan fingerprint density at radius 1 is 1.40 bits per heavy atom. The second kappa shape index (κ2) is 7.76. The van der Waals surface area contributed by atoms with Gasteiger partial charge in [-0.05, 0) is 25.1 Å². The van der Waals surface area contributed by atoms with Crippen LogP contribution in [0.5, 0.6) is 0 Å². The quantitative estimate of drug-likeness (QED) is 0.771. The van der Waals surface area contributed by atoms with Crippen LogP contribution in [0.3, 0.4) is 0 Å². The van der Waals surface area contributed by atoms with Gasteiger partial charge in [-0.3, -0.25) is 4.79 Å². The third-order valence-corrected chi connectivity index (χ3v) is 4.61. The van der Waals surface area contributed by atoms with E-state index in [1.54, 1.807) is 31.2 Å². The predicted molar refractivity (Wildman–Crippen MR) is 89.4 cm³/mol. The number of aromatic nitrogens is 1. The van der Waals surface area contributed by atoms with Crippen molar-refractivity contribution in [3.05, 3.63) is 52.7 Å². The standard InChI is InChI=1S/C16H11ClF3N3OS/c1-9(14(24)23-13-5-3-2-4-10(13)7-21)25-15-12(17)6-11(8-22-15)16(18,19)20/h2-6,8-9H,1H3,(H,23,24)/t9-/m0/s1. The van der Waals surface area contributed by atoms with E-state index in [2.05, 4.69) is 10.3 Å². The number of para-hydroxylation sites is 1. The molecule has 0 aliphatic carbocycles. The number of anilines is 1. The molecule has 2 rings (SSSR count). The van der Waals surface area contributed by atoms with Crippen LogP contribution in [0, 0.1) is 11.3 Å². The smallest absolute Gasteiger partial charge is 0.324 e. The highest BCUT2D eigenvalue weighted by Gasteiger charge is 2.32. The summed E-state index contributed by atoms with van der Waals surface area (Å²) in [5, 5.41) is 10.9. The zero-order chi connectivity index (χ0) is 18.6. The van der Waals surface area contributed by atoms with E-state index in [1.807, 2.05) is 6.07 Å². The van der Waals surface area contributed by atoms with Crippen LogP contribution in [-0.4, -0.2) is 16.1 Å². The van der Waals surface area contributed by atoms with Crippen molar-refractivity contribution in [2.24, 2.45) is 0 Å². The van der Waals surface area contributed by atoms with Gasteiger partial charge in [0.2, 0.25) is 5.91 Å².